The van der Waals surface area contributed by atoms with Crippen molar-refractivity contribution in [1.29, 1.82) is 0 Å². The van der Waals surface area contributed by atoms with Crippen LogP contribution in [0.5, 0.6) is 5.75 Å². The molecule has 0 spiro atoms. The third-order valence-corrected chi connectivity index (χ3v) is 7.85. The number of rotatable bonds is 9. The number of halogens is 2. The van der Waals surface area contributed by atoms with Crippen molar-refractivity contribution in [1.82, 2.24) is 24.7 Å². The molecular formula is C29H36ClFN8O2. The number of piperazine rings is 2. The summed E-state index contributed by atoms with van der Waals surface area (Å²) in [5.41, 5.74) is 6.22. The molecule has 0 bridgehead atoms. The maximum absolute atomic E-state index is 14.5. The van der Waals surface area contributed by atoms with Crippen molar-refractivity contribution in [2.45, 2.75) is 6.54 Å². The van der Waals surface area contributed by atoms with Gasteiger partial charge in [0, 0.05) is 71.0 Å². The third kappa shape index (κ3) is 7.49. The minimum atomic E-state index is -0.512. The summed E-state index contributed by atoms with van der Waals surface area (Å²) < 4.78 is 14.5. The maximum Gasteiger partial charge on any atom is 0.245 e. The lowest BCUT2D eigenvalue weighted by Crippen LogP contribution is -2.47. The molecule has 3 N–H and O–H groups in total. The zero-order valence-electron chi connectivity index (χ0n) is 23.2. The predicted molar refractivity (Wildman–Crippen MR) is 160 cm³/mol. The second-order valence-corrected chi connectivity index (χ2v) is 10.9. The van der Waals surface area contributed by atoms with Crippen molar-refractivity contribution >= 4 is 29.6 Å². The fraction of sp³-hybridized carbons (Fsp3) is 0.414. The molecule has 0 saturated carbocycles. The molecule has 1 aromatic heterocycles. The van der Waals surface area contributed by atoms with E-state index in [0.717, 1.165) is 50.0 Å². The highest BCUT2D eigenvalue weighted by Crippen LogP contribution is 2.33. The van der Waals surface area contributed by atoms with Gasteiger partial charge in [0.1, 0.15) is 5.75 Å². The Kier molecular flexibility index (Phi) is 9.63. The molecule has 2 saturated heterocycles. The maximum atomic E-state index is 14.5. The van der Waals surface area contributed by atoms with E-state index < -0.39 is 5.82 Å². The van der Waals surface area contributed by atoms with Crippen molar-refractivity contribution in [3.63, 3.8) is 0 Å². The number of β-amino-alcohol motifs (C(OH)–C–C–N with tert-alkyl or cyclic N) is 1. The number of nitrogens with zero attached hydrogens (tertiary/aromatic N) is 7. The van der Waals surface area contributed by atoms with Crippen LogP contribution in [0.1, 0.15) is 11.1 Å². The van der Waals surface area contributed by atoms with Crippen LogP contribution in [0.2, 0.25) is 5.02 Å². The van der Waals surface area contributed by atoms with Gasteiger partial charge in [-0.15, -0.1) is 0 Å². The van der Waals surface area contributed by atoms with Gasteiger partial charge < -0.3 is 20.0 Å². The van der Waals surface area contributed by atoms with E-state index in [1.54, 1.807) is 6.07 Å². The van der Waals surface area contributed by atoms with Gasteiger partial charge in [-0.1, -0.05) is 35.9 Å². The van der Waals surface area contributed by atoms with Gasteiger partial charge in [-0.2, -0.15) is 10.1 Å². The summed E-state index contributed by atoms with van der Waals surface area (Å²) in [7, 11) is 2.15. The first-order chi connectivity index (χ1) is 19.9. The van der Waals surface area contributed by atoms with E-state index >= 15 is 0 Å². The van der Waals surface area contributed by atoms with E-state index in [-0.39, 0.29) is 29.1 Å². The fourth-order valence-corrected chi connectivity index (χ4v) is 5.30. The number of aromatic hydroxyl groups is 1. The standard InChI is InChI=1S/C29H36ClFN8O2/c1-36-6-8-38(9-7-36)20-21-2-4-22(5-3-21)23-16-24(27(41)25(30)17-23)18-33-35-29-32-19-26(31)28(34-29)39-12-10-37(11-13-39)14-15-40/h2-5,16-19,40-41H,6-15,20H2,1H3,(H,32,34,35)/b33-18+. The summed E-state index contributed by atoms with van der Waals surface area (Å²) in [6.07, 6.45) is 2.55. The molecule has 0 unspecified atom stereocenters. The Labute approximate surface area is 244 Å². The second kappa shape index (κ2) is 13.5. The topological polar surface area (TPSA) is 104 Å². The van der Waals surface area contributed by atoms with Crippen LogP contribution in [0.15, 0.2) is 47.7 Å². The molecule has 0 radical (unpaired) electrons. The van der Waals surface area contributed by atoms with E-state index in [0.29, 0.717) is 38.3 Å². The van der Waals surface area contributed by atoms with Gasteiger partial charge in [-0.3, -0.25) is 9.80 Å². The van der Waals surface area contributed by atoms with E-state index in [1.165, 1.54) is 11.8 Å². The number of hydrogen-bond acceptors (Lipinski definition) is 10. The molecule has 5 rings (SSSR count). The van der Waals surface area contributed by atoms with Crippen LogP contribution in [-0.4, -0.2) is 114 Å². The number of anilines is 2. The zero-order valence-corrected chi connectivity index (χ0v) is 23.9. The molecule has 0 atom stereocenters. The van der Waals surface area contributed by atoms with E-state index in [1.807, 2.05) is 11.0 Å². The highest BCUT2D eigenvalue weighted by molar-refractivity contribution is 6.32. The monoisotopic (exact) mass is 582 g/mol. The highest BCUT2D eigenvalue weighted by atomic mass is 35.5. The quantitative estimate of drug-likeness (QED) is 0.259. The summed E-state index contributed by atoms with van der Waals surface area (Å²) >= 11 is 6.36. The van der Waals surface area contributed by atoms with Crippen LogP contribution in [0.4, 0.5) is 16.2 Å². The van der Waals surface area contributed by atoms with Gasteiger partial charge in [-0.25, -0.2) is 14.8 Å². The van der Waals surface area contributed by atoms with Crippen molar-refractivity contribution < 1.29 is 14.6 Å². The number of phenolic OH excluding ortho intramolecular Hbond substituents is 1. The molecule has 218 valence electrons. The molecule has 2 aromatic carbocycles. The number of aliphatic hydroxyl groups excluding tert-OH is 1. The van der Waals surface area contributed by atoms with Crippen LogP contribution in [0.25, 0.3) is 11.1 Å². The average Bonchev–Trinajstić information content (AvgIpc) is 2.98. The molecule has 0 aliphatic carbocycles. The highest BCUT2D eigenvalue weighted by Gasteiger charge is 2.21. The number of benzene rings is 2. The summed E-state index contributed by atoms with van der Waals surface area (Å²) in [5.74, 6) is -0.269. The molecule has 10 nitrogen and oxygen atoms in total. The molecular weight excluding hydrogens is 547 g/mol. The van der Waals surface area contributed by atoms with Crippen molar-refractivity contribution in [2.75, 3.05) is 82.9 Å². The van der Waals surface area contributed by atoms with Gasteiger partial charge in [0.25, 0.3) is 0 Å². The van der Waals surface area contributed by atoms with Gasteiger partial charge >= 0.3 is 0 Å². The van der Waals surface area contributed by atoms with E-state index in [4.69, 9.17) is 16.7 Å². The first-order valence-corrected chi connectivity index (χ1v) is 14.2. The molecule has 12 heteroatoms. The number of aromatic nitrogens is 2. The summed E-state index contributed by atoms with van der Waals surface area (Å²) in [5, 5.41) is 24.1. The number of hydrazone groups is 1. The fourth-order valence-electron chi connectivity index (χ4n) is 5.07. The first kappa shape index (κ1) is 29.2. The Morgan fingerprint density at radius 1 is 1.00 bits per heavy atom. The number of phenols is 1. The summed E-state index contributed by atoms with van der Waals surface area (Å²) in [4.78, 5) is 17.1. The number of hydrogen-bond donors (Lipinski definition) is 3. The molecule has 2 fully saturated rings. The third-order valence-electron chi connectivity index (χ3n) is 7.56. The lowest BCUT2D eigenvalue weighted by atomic mass is 10.0. The lowest BCUT2D eigenvalue weighted by molar-refractivity contribution is 0.148. The lowest BCUT2D eigenvalue weighted by Gasteiger charge is -2.35. The summed E-state index contributed by atoms with van der Waals surface area (Å²) in [6, 6.07) is 11.9. The first-order valence-electron chi connectivity index (χ1n) is 13.8. The minimum absolute atomic E-state index is 0.0888. The van der Waals surface area contributed by atoms with Gasteiger partial charge in [-0.05, 0) is 35.9 Å². The predicted octanol–water partition coefficient (Wildman–Crippen LogP) is 2.95. The molecule has 2 aliphatic heterocycles. The molecule has 2 aliphatic rings. The zero-order chi connectivity index (χ0) is 28.8. The molecule has 3 heterocycles. The van der Waals surface area contributed by atoms with Crippen molar-refractivity contribution in [3.8, 4) is 16.9 Å². The normalized spacial score (nSPS) is 17.4. The van der Waals surface area contributed by atoms with Gasteiger partial charge in [0.15, 0.2) is 11.6 Å². The van der Waals surface area contributed by atoms with E-state index in [9.17, 15) is 9.50 Å². The molecule has 3 aromatic rings. The number of likely N-dealkylation sites (N-methyl/N-ethyl adjacent to an activating group) is 1. The van der Waals surface area contributed by atoms with Gasteiger partial charge in [0.2, 0.25) is 5.95 Å². The Hall–Kier alpha value is -3.35. The smallest absolute Gasteiger partial charge is 0.245 e. The van der Waals surface area contributed by atoms with Gasteiger partial charge in [0.05, 0.1) is 24.0 Å². The van der Waals surface area contributed by atoms with Crippen LogP contribution >= 0.6 is 11.6 Å². The molecule has 0 amide bonds. The Morgan fingerprint density at radius 2 is 1.71 bits per heavy atom. The Bertz CT molecular complexity index is 1340. The van der Waals surface area contributed by atoms with Crippen molar-refractivity contribution in [2.24, 2.45) is 5.10 Å². The molecule has 41 heavy (non-hydrogen) atoms. The van der Waals surface area contributed by atoms with Crippen LogP contribution in [-0.2, 0) is 6.54 Å². The van der Waals surface area contributed by atoms with Crippen LogP contribution in [0.3, 0.4) is 0 Å². The van der Waals surface area contributed by atoms with Crippen LogP contribution in [0, 0.1) is 5.82 Å². The van der Waals surface area contributed by atoms with Crippen molar-refractivity contribution in [3.05, 3.63) is 64.6 Å². The summed E-state index contributed by atoms with van der Waals surface area (Å²) in [6.45, 7) is 8.51. The van der Waals surface area contributed by atoms with E-state index in [2.05, 4.69) is 66.5 Å². The van der Waals surface area contributed by atoms with Crippen LogP contribution < -0.4 is 10.3 Å². The Morgan fingerprint density at radius 3 is 2.41 bits per heavy atom. The SMILES string of the molecule is CN1CCN(Cc2ccc(-c3cc(Cl)c(O)c(/C=N/Nc4ncc(F)c(N5CCN(CCO)CC5)n4)c3)cc2)CC1. The largest absolute Gasteiger partial charge is 0.506 e. The second-order valence-electron chi connectivity index (χ2n) is 10.5. The number of aliphatic hydroxyl groups is 1. The minimum Gasteiger partial charge on any atom is -0.506 e. The number of nitrogens with one attached hydrogen (secondary N) is 1. The Balaban J connectivity index is 1.24. The average molecular weight is 583 g/mol.